The predicted molar refractivity (Wildman–Crippen MR) is 57.1 cm³/mol. The Labute approximate surface area is 88.0 Å². The van der Waals surface area contributed by atoms with Crippen molar-refractivity contribution in [1.82, 2.24) is 0 Å². The quantitative estimate of drug-likeness (QED) is 0.604. The summed E-state index contributed by atoms with van der Waals surface area (Å²) in [7, 11) is 0. The molecule has 0 atom stereocenters. The third-order valence-electron chi connectivity index (χ3n) is 2.07. The van der Waals surface area contributed by atoms with Crippen LogP contribution in [-0.2, 0) is 0 Å². The molecule has 5 heteroatoms. The number of nitro groups is 1. The van der Waals surface area contributed by atoms with Gasteiger partial charge in [-0.25, -0.2) is 0 Å². The number of hydrogen-bond acceptors (Lipinski definition) is 4. The van der Waals surface area contributed by atoms with Crippen LogP contribution in [0.3, 0.4) is 0 Å². The minimum Gasteiger partial charge on any atom is -0.492 e. The van der Waals surface area contributed by atoms with Gasteiger partial charge in [0.05, 0.1) is 4.92 Å². The molecule has 0 heterocycles. The van der Waals surface area contributed by atoms with Crippen LogP contribution in [0.1, 0.15) is 11.1 Å². The fraction of sp³-hybridized carbons (Fsp3) is 0.400. The Morgan fingerprint density at radius 1 is 1.40 bits per heavy atom. The van der Waals surface area contributed by atoms with Crippen molar-refractivity contribution in [3.63, 3.8) is 0 Å². The highest BCUT2D eigenvalue weighted by Crippen LogP contribution is 2.27. The van der Waals surface area contributed by atoms with Gasteiger partial charge in [0.1, 0.15) is 12.4 Å². The normalized spacial score (nSPS) is 10.1. The van der Waals surface area contributed by atoms with E-state index in [0.717, 1.165) is 5.56 Å². The van der Waals surface area contributed by atoms with E-state index in [1.807, 2.05) is 0 Å². The van der Waals surface area contributed by atoms with Gasteiger partial charge in [-0.3, -0.25) is 10.1 Å². The number of nitrogens with two attached hydrogens (primary N) is 1. The van der Waals surface area contributed by atoms with Gasteiger partial charge in [-0.05, 0) is 25.5 Å². The molecular weight excluding hydrogens is 196 g/mol. The maximum absolute atomic E-state index is 10.6. The molecule has 0 aliphatic rings. The second-order valence-electron chi connectivity index (χ2n) is 3.30. The van der Waals surface area contributed by atoms with Crippen molar-refractivity contribution in [2.24, 2.45) is 5.73 Å². The molecule has 1 rings (SSSR count). The van der Waals surface area contributed by atoms with Crippen molar-refractivity contribution in [1.29, 1.82) is 0 Å². The van der Waals surface area contributed by atoms with Gasteiger partial charge in [0.15, 0.2) is 0 Å². The van der Waals surface area contributed by atoms with Crippen molar-refractivity contribution in [3.05, 3.63) is 33.4 Å². The molecule has 0 radical (unpaired) electrons. The zero-order valence-electron chi connectivity index (χ0n) is 8.82. The molecule has 0 fully saturated rings. The number of aryl methyl sites for hydroxylation is 2. The number of rotatable bonds is 4. The lowest BCUT2D eigenvalue weighted by Gasteiger charge is -2.09. The molecular formula is C10H14N2O3. The SMILES string of the molecule is Cc1cc([N+](=O)[O-])c(C)cc1OCCN. The van der Waals surface area contributed by atoms with Gasteiger partial charge in [-0.2, -0.15) is 0 Å². The van der Waals surface area contributed by atoms with Crippen LogP contribution in [0.2, 0.25) is 0 Å². The Morgan fingerprint density at radius 3 is 2.60 bits per heavy atom. The van der Waals surface area contributed by atoms with E-state index in [9.17, 15) is 10.1 Å². The first-order valence-electron chi connectivity index (χ1n) is 4.64. The predicted octanol–water partition coefficient (Wildman–Crippen LogP) is 1.55. The first kappa shape index (κ1) is 11.5. The molecule has 0 saturated heterocycles. The molecule has 0 bridgehead atoms. The highest BCUT2D eigenvalue weighted by Gasteiger charge is 2.13. The summed E-state index contributed by atoms with van der Waals surface area (Å²) in [5.74, 6) is 0.656. The standard InChI is InChI=1S/C10H14N2O3/c1-7-6-10(15-4-3-11)8(2)5-9(7)12(13)14/h5-6H,3-4,11H2,1-2H3. The van der Waals surface area contributed by atoms with Crippen LogP contribution >= 0.6 is 0 Å². The van der Waals surface area contributed by atoms with E-state index in [1.54, 1.807) is 19.9 Å². The molecule has 0 amide bonds. The molecule has 82 valence electrons. The van der Waals surface area contributed by atoms with Crippen LogP contribution in [0.4, 0.5) is 5.69 Å². The van der Waals surface area contributed by atoms with Crippen molar-refractivity contribution in [2.45, 2.75) is 13.8 Å². The molecule has 0 aromatic heterocycles. The van der Waals surface area contributed by atoms with Gasteiger partial charge in [0, 0.05) is 18.2 Å². The molecule has 2 N–H and O–H groups in total. The lowest BCUT2D eigenvalue weighted by atomic mass is 10.1. The van der Waals surface area contributed by atoms with Gasteiger partial charge in [0.2, 0.25) is 0 Å². The third-order valence-corrected chi connectivity index (χ3v) is 2.07. The van der Waals surface area contributed by atoms with E-state index in [-0.39, 0.29) is 5.69 Å². The van der Waals surface area contributed by atoms with Crippen molar-refractivity contribution in [2.75, 3.05) is 13.2 Å². The summed E-state index contributed by atoms with van der Waals surface area (Å²) in [6.45, 7) is 4.30. The first-order valence-corrected chi connectivity index (χ1v) is 4.64. The Morgan fingerprint density at radius 2 is 2.07 bits per heavy atom. The third kappa shape index (κ3) is 2.66. The number of hydrogen-bond donors (Lipinski definition) is 1. The smallest absolute Gasteiger partial charge is 0.272 e. The van der Waals surface area contributed by atoms with Gasteiger partial charge in [0.25, 0.3) is 5.69 Å². The molecule has 15 heavy (non-hydrogen) atoms. The Kier molecular flexibility index (Phi) is 3.62. The molecule has 1 aromatic rings. The van der Waals surface area contributed by atoms with Crippen LogP contribution in [0.5, 0.6) is 5.75 Å². The number of benzene rings is 1. The first-order chi connectivity index (χ1) is 7.06. The van der Waals surface area contributed by atoms with E-state index < -0.39 is 4.92 Å². The summed E-state index contributed by atoms with van der Waals surface area (Å²) < 4.78 is 5.35. The molecule has 0 aliphatic carbocycles. The van der Waals surface area contributed by atoms with Gasteiger partial charge >= 0.3 is 0 Å². The van der Waals surface area contributed by atoms with E-state index in [1.165, 1.54) is 6.07 Å². The molecule has 0 spiro atoms. The van der Waals surface area contributed by atoms with Crippen LogP contribution in [0.15, 0.2) is 12.1 Å². The maximum atomic E-state index is 10.6. The van der Waals surface area contributed by atoms with Gasteiger partial charge in [-0.1, -0.05) is 0 Å². The molecule has 0 saturated carbocycles. The summed E-state index contributed by atoms with van der Waals surface area (Å²) in [6.07, 6.45) is 0. The molecule has 0 aliphatic heterocycles. The van der Waals surface area contributed by atoms with Crippen LogP contribution in [0.25, 0.3) is 0 Å². The Balaban J connectivity index is 3.02. The zero-order chi connectivity index (χ0) is 11.4. The number of ether oxygens (including phenoxy) is 1. The number of nitrogens with zero attached hydrogens (tertiary/aromatic N) is 1. The summed E-state index contributed by atoms with van der Waals surface area (Å²) in [5, 5.41) is 10.6. The minimum atomic E-state index is -0.394. The van der Waals surface area contributed by atoms with Crippen LogP contribution < -0.4 is 10.5 Å². The fourth-order valence-corrected chi connectivity index (χ4v) is 1.30. The van der Waals surface area contributed by atoms with E-state index >= 15 is 0 Å². The van der Waals surface area contributed by atoms with Crippen molar-refractivity contribution >= 4 is 5.69 Å². The van der Waals surface area contributed by atoms with Crippen LogP contribution in [0, 0.1) is 24.0 Å². The average Bonchev–Trinajstić information content (AvgIpc) is 2.18. The lowest BCUT2D eigenvalue weighted by molar-refractivity contribution is -0.385. The lowest BCUT2D eigenvalue weighted by Crippen LogP contribution is -2.11. The topological polar surface area (TPSA) is 78.4 Å². The van der Waals surface area contributed by atoms with Crippen molar-refractivity contribution in [3.8, 4) is 5.75 Å². The maximum Gasteiger partial charge on any atom is 0.272 e. The highest BCUT2D eigenvalue weighted by atomic mass is 16.6. The van der Waals surface area contributed by atoms with E-state index in [4.69, 9.17) is 10.5 Å². The summed E-state index contributed by atoms with van der Waals surface area (Å²) >= 11 is 0. The molecule has 1 aromatic carbocycles. The van der Waals surface area contributed by atoms with Gasteiger partial charge in [-0.15, -0.1) is 0 Å². The van der Waals surface area contributed by atoms with E-state index in [2.05, 4.69) is 0 Å². The van der Waals surface area contributed by atoms with Gasteiger partial charge < -0.3 is 10.5 Å². The summed E-state index contributed by atoms with van der Waals surface area (Å²) in [6, 6.07) is 3.18. The fourth-order valence-electron chi connectivity index (χ4n) is 1.30. The zero-order valence-corrected chi connectivity index (χ0v) is 8.82. The average molecular weight is 210 g/mol. The minimum absolute atomic E-state index is 0.118. The van der Waals surface area contributed by atoms with Crippen LogP contribution in [-0.4, -0.2) is 18.1 Å². The second-order valence-corrected chi connectivity index (χ2v) is 3.30. The molecule has 5 nitrogen and oxygen atoms in total. The van der Waals surface area contributed by atoms with E-state index in [0.29, 0.717) is 24.5 Å². The second kappa shape index (κ2) is 4.75. The Bertz CT molecular complexity index is 377. The summed E-state index contributed by atoms with van der Waals surface area (Å²) in [4.78, 5) is 10.3. The summed E-state index contributed by atoms with van der Waals surface area (Å²) in [5.41, 5.74) is 6.77. The Hall–Kier alpha value is -1.62. The molecule has 0 unspecified atom stereocenters. The highest BCUT2D eigenvalue weighted by molar-refractivity contribution is 5.49. The monoisotopic (exact) mass is 210 g/mol. The largest absolute Gasteiger partial charge is 0.492 e. The number of nitro benzene ring substituents is 1. The van der Waals surface area contributed by atoms with Crippen molar-refractivity contribution < 1.29 is 9.66 Å².